The minimum Gasteiger partial charge on any atom is -0.478 e. The summed E-state index contributed by atoms with van der Waals surface area (Å²) < 4.78 is 10.9. The molecular formula is C17H15NO4. The van der Waals surface area contributed by atoms with Crippen LogP contribution in [-0.2, 0) is 16.0 Å². The molecule has 0 fully saturated rings. The fraction of sp³-hybridized carbons (Fsp3) is 0.176. The molecule has 1 atom stereocenters. The lowest BCUT2D eigenvalue weighted by atomic mass is 10.1. The topological polar surface area (TPSA) is 64.6 Å². The van der Waals surface area contributed by atoms with Crippen LogP contribution < -0.4 is 14.8 Å². The molecule has 112 valence electrons. The normalized spacial score (nSPS) is 15.6. The van der Waals surface area contributed by atoms with Gasteiger partial charge in [0.2, 0.25) is 5.91 Å². The summed E-state index contributed by atoms with van der Waals surface area (Å²) in [6.45, 7) is 1.43. The maximum Gasteiger partial charge on any atom is 0.353 e. The van der Waals surface area contributed by atoms with E-state index < -0.39 is 12.1 Å². The van der Waals surface area contributed by atoms with E-state index in [1.54, 1.807) is 24.3 Å². The molecule has 22 heavy (non-hydrogen) atoms. The number of rotatable bonds is 3. The van der Waals surface area contributed by atoms with Crippen LogP contribution in [0.1, 0.15) is 12.5 Å². The predicted molar refractivity (Wildman–Crippen MR) is 80.9 cm³/mol. The molecule has 0 spiro atoms. The number of nitrogens with one attached hydrogen (secondary N) is 1. The Kier molecular flexibility index (Phi) is 3.78. The highest BCUT2D eigenvalue weighted by Gasteiger charge is 2.30. The average Bonchev–Trinajstić information content (AvgIpc) is 2.93. The van der Waals surface area contributed by atoms with Crippen molar-refractivity contribution in [3.05, 3.63) is 54.1 Å². The summed E-state index contributed by atoms with van der Waals surface area (Å²) in [7, 11) is 0. The monoisotopic (exact) mass is 297 g/mol. The first-order valence-corrected chi connectivity index (χ1v) is 6.96. The Hall–Kier alpha value is -2.82. The summed E-state index contributed by atoms with van der Waals surface area (Å²) in [5, 5.41) is 2.65. The number of para-hydroxylation sites is 1. The number of carbonyl (C=O) groups is 2. The van der Waals surface area contributed by atoms with Crippen LogP contribution in [-0.4, -0.2) is 18.0 Å². The molecular weight excluding hydrogens is 282 g/mol. The zero-order valence-electron chi connectivity index (χ0n) is 12.0. The van der Waals surface area contributed by atoms with Crippen LogP contribution in [0, 0.1) is 0 Å². The second-order valence-corrected chi connectivity index (χ2v) is 5.05. The molecule has 0 aromatic heterocycles. The number of amides is 1. The zero-order chi connectivity index (χ0) is 15.5. The van der Waals surface area contributed by atoms with Gasteiger partial charge in [-0.1, -0.05) is 18.2 Å². The first-order valence-electron chi connectivity index (χ1n) is 6.96. The minimum absolute atomic E-state index is 0.151. The van der Waals surface area contributed by atoms with Crippen LogP contribution in [0.2, 0.25) is 0 Å². The number of fused-ring (bicyclic) bond motifs is 1. The third-order valence-electron chi connectivity index (χ3n) is 3.30. The summed E-state index contributed by atoms with van der Waals surface area (Å²) in [5.74, 6) is 0.564. The molecule has 2 aromatic carbocycles. The van der Waals surface area contributed by atoms with Crippen LogP contribution in [0.3, 0.4) is 0 Å². The maximum atomic E-state index is 12.1. The van der Waals surface area contributed by atoms with Gasteiger partial charge in [-0.05, 0) is 35.9 Å². The van der Waals surface area contributed by atoms with Crippen LogP contribution in [0.4, 0.5) is 5.69 Å². The Labute approximate surface area is 127 Å². The lowest BCUT2D eigenvalue weighted by Crippen LogP contribution is -2.29. The summed E-state index contributed by atoms with van der Waals surface area (Å²) in [4.78, 5) is 23.1. The second-order valence-electron chi connectivity index (χ2n) is 5.05. The molecule has 1 amide bonds. The third-order valence-corrected chi connectivity index (χ3v) is 3.30. The van der Waals surface area contributed by atoms with Gasteiger partial charge in [-0.3, -0.25) is 4.79 Å². The first kappa shape index (κ1) is 14.1. The van der Waals surface area contributed by atoms with Crippen LogP contribution in [0.15, 0.2) is 48.5 Å². The molecule has 1 aliphatic heterocycles. The van der Waals surface area contributed by atoms with E-state index in [1.807, 2.05) is 24.3 Å². The Morgan fingerprint density at radius 2 is 1.86 bits per heavy atom. The molecule has 1 unspecified atom stereocenters. The summed E-state index contributed by atoms with van der Waals surface area (Å²) >= 11 is 0. The third kappa shape index (κ3) is 3.09. The number of hydrogen-bond acceptors (Lipinski definition) is 4. The lowest BCUT2D eigenvalue weighted by Gasteiger charge is -2.10. The second kappa shape index (κ2) is 5.89. The van der Waals surface area contributed by atoms with Crippen molar-refractivity contribution in [3.8, 4) is 11.5 Å². The van der Waals surface area contributed by atoms with Gasteiger partial charge in [-0.15, -0.1) is 0 Å². The van der Waals surface area contributed by atoms with E-state index >= 15 is 0 Å². The molecule has 1 N–H and O–H groups in total. The summed E-state index contributed by atoms with van der Waals surface area (Å²) in [5.41, 5.74) is 1.65. The SMILES string of the molecule is CC(=O)Nc1ccc(OC(=O)C2Cc3ccccc3O2)cc1. The molecule has 2 aromatic rings. The highest BCUT2D eigenvalue weighted by molar-refractivity contribution is 5.88. The van der Waals surface area contributed by atoms with Gasteiger partial charge >= 0.3 is 5.97 Å². The fourth-order valence-electron chi connectivity index (χ4n) is 2.30. The molecule has 0 saturated carbocycles. The Bertz CT molecular complexity index is 684. The van der Waals surface area contributed by atoms with Crippen LogP contribution in [0.5, 0.6) is 11.5 Å². The molecule has 3 rings (SSSR count). The van der Waals surface area contributed by atoms with Crippen LogP contribution in [0.25, 0.3) is 0 Å². The molecule has 0 radical (unpaired) electrons. The van der Waals surface area contributed by atoms with Crippen LogP contribution >= 0.6 is 0 Å². The van der Waals surface area contributed by atoms with Gasteiger partial charge in [-0.2, -0.15) is 0 Å². The van der Waals surface area contributed by atoms with Gasteiger partial charge in [0.15, 0.2) is 6.10 Å². The zero-order valence-corrected chi connectivity index (χ0v) is 12.0. The van der Waals surface area contributed by atoms with Gasteiger partial charge in [0.05, 0.1) is 0 Å². The number of anilines is 1. The van der Waals surface area contributed by atoms with Gasteiger partial charge in [0.25, 0.3) is 0 Å². The van der Waals surface area contributed by atoms with E-state index in [0.717, 1.165) is 11.3 Å². The average molecular weight is 297 g/mol. The van der Waals surface area contributed by atoms with E-state index in [4.69, 9.17) is 9.47 Å². The number of esters is 1. The van der Waals surface area contributed by atoms with Crippen molar-refractivity contribution < 1.29 is 19.1 Å². The van der Waals surface area contributed by atoms with E-state index in [-0.39, 0.29) is 5.91 Å². The molecule has 5 heteroatoms. The largest absolute Gasteiger partial charge is 0.478 e. The Morgan fingerprint density at radius 1 is 1.14 bits per heavy atom. The standard InChI is InChI=1S/C17H15NO4/c1-11(19)18-13-6-8-14(9-7-13)21-17(20)16-10-12-4-2-3-5-15(12)22-16/h2-9,16H,10H2,1H3,(H,18,19). The minimum atomic E-state index is -0.618. The molecule has 0 saturated heterocycles. The van der Waals surface area contributed by atoms with Gasteiger partial charge in [-0.25, -0.2) is 4.79 Å². The van der Waals surface area contributed by atoms with E-state index in [2.05, 4.69) is 5.32 Å². The van der Waals surface area contributed by atoms with Gasteiger partial charge in [0.1, 0.15) is 11.5 Å². The van der Waals surface area contributed by atoms with Crippen molar-refractivity contribution in [2.75, 3.05) is 5.32 Å². The molecule has 5 nitrogen and oxygen atoms in total. The van der Waals surface area contributed by atoms with E-state index in [0.29, 0.717) is 17.9 Å². The van der Waals surface area contributed by atoms with Crippen molar-refractivity contribution >= 4 is 17.6 Å². The fourth-order valence-corrected chi connectivity index (χ4v) is 2.30. The quantitative estimate of drug-likeness (QED) is 0.698. The van der Waals surface area contributed by atoms with E-state index in [9.17, 15) is 9.59 Å². The summed E-state index contributed by atoms with van der Waals surface area (Å²) in [6.07, 6.45) is -0.105. The first-order chi connectivity index (χ1) is 10.6. The predicted octanol–water partition coefficient (Wildman–Crippen LogP) is 2.55. The van der Waals surface area contributed by atoms with Crippen molar-refractivity contribution in [2.45, 2.75) is 19.4 Å². The number of hydrogen-bond donors (Lipinski definition) is 1. The van der Waals surface area contributed by atoms with Gasteiger partial charge in [0, 0.05) is 19.0 Å². The molecule has 1 heterocycles. The highest BCUT2D eigenvalue weighted by atomic mass is 16.6. The molecule has 0 aliphatic carbocycles. The van der Waals surface area contributed by atoms with Gasteiger partial charge < -0.3 is 14.8 Å². The van der Waals surface area contributed by atoms with Crippen molar-refractivity contribution in [1.29, 1.82) is 0 Å². The summed E-state index contributed by atoms with van der Waals surface area (Å²) in [6, 6.07) is 14.2. The number of ether oxygens (including phenoxy) is 2. The molecule has 1 aliphatic rings. The Morgan fingerprint density at radius 3 is 2.55 bits per heavy atom. The maximum absolute atomic E-state index is 12.1. The van der Waals surface area contributed by atoms with Crippen molar-refractivity contribution in [2.24, 2.45) is 0 Å². The Balaban J connectivity index is 1.62. The van der Waals surface area contributed by atoms with E-state index in [1.165, 1.54) is 6.92 Å². The lowest BCUT2D eigenvalue weighted by molar-refractivity contribution is -0.141. The van der Waals surface area contributed by atoms with Crippen molar-refractivity contribution in [3.63, 3.8) is 0 Å². The highest BCUT2D eigenvalue weighted by Crippen LogP contribution is 2.29. The number of benzene rings is 2. The number of carbonyl (C=O) groups excluding carboxylic acids is 2. The smallest absolute Gasteiger partial charge is 0.353 e. The molecule has 0 bridgehead atoms. The van der Waals surface area contributed by atoms with Crippen molar-refractivity contribution in [1.82, 2.24) is 0 Å².